The van der Waals surface area contributed by atoms with Crippen LogP contribution >= 0.6 is 0 Å². The first-order valence-corrected chi connectivity index (χ1v) is 4.20. The van der Waals surface area contributed by atoms with Crippen molar-refractivity contribution in [1.29, 1.82) is 5.26 Å². The van der Waals surface area contributed by atoms with Gasteiger partial charge < -0.3 is 4.74 Å². The lowest BCUT2D eigenvalue weighted by molar-refractivity contribution is 0.318. The lowest BCUT2D eigenvalue weighted by Gasteiger charge is -2.04. The summed E-state index contributed by atoms with van der Waals surface area (Å²) >= 11 is 0. The van der Waals surface area contributed by atoms with Gasteiger partial charge in [-0.05, 0) is 18.6 Å². The van der Waals surface area contributed by atoms with Crippen LogP contribution in [-0.2, 0) is 0 Å². The SMILES string of the molecule is N#Cc1c(F)ccc2c1C1CC1O2. The van der Waals surface area contributed by atoms with Crippen molar-refractivity contribution in [1.82, 2.24) is 0 Å². The van der Waals surface area contributed by atoms with Crippen LogP contribution in [0, 0.1) is 17.1 Å². The summed E-state index contributed by atoms with van der Waals surface area (Å²) < 4.78 is 18.6. The number of nitrogens with zero attached hydrogens (tertiary/aromatic N) is 1. The third kappa shape index (κ3) is 0.752. The molecule has 2 aliphatic rings. The third-order valence-corrected chi connectivity index (χ3v) is 2.65. The van der Waals surface area contributed by atoms with Crippen molar-refractivity contribution in [3.05, 3.63) is 29.1 Å². The van der Waals surface area contributed by atoms with Gasteiger partial charge in [-0.2, -0.15) is 5.26 Å². The van der Waals surface area contributed by atoms with Gasteiger partial charge in [0.25, 0.3) is 0 Å². The van der Waals surface area contributed by atoms with E-state index in [-0.39, 0.29) is 17.6 Å². The van der Waals surface area contributed by atoms with Crippen LogP contribution in [-0.4, -0.2) is 6.10 Å². The predicted octanol–water partition coefficient (Wildman–Crippen LogP) is 1.95. The molecule has 0 bridgehead atoms. The predicted molar refractivity (Wildman–Crippen MR) is 42.9 cm³/mol. The second kappa shape index (κ2) is 2.02. The van der Waals surface area contributed by atoms with E-state index in [4.69, 9.17) is 10.00 Å². The number of nitriles is 1. The van der Waals surface area contributed by atoms with Crippen LogP contribution in [0.3, 0.4) is 0 Å². The van der Waals surface area contributed by atoms with Crippen LogP contribution in [0.25, 0.3) is 0 Å². The summed E-state index contributed by atoms with van der Waals surface area (Å²) in [5, 5.41) is 8.77. The Balaban J connectivity index is 2.29. The van der Waals surface area contributed by atoms with Crippen molar-refractivity contribution in [2.75, 3.05) is 0 Å². The number of hydrogen-bond donors (Lipinski definition) is 0. The molecule has 1 aromatic carbocycles. The molecule has 1 aromatic rings. The Morgan fingerprint density at radius 2 is 2.38 bits per heavy atom. The maximum atomic E-state index is 13.2. The van der Waals surface area contributed by atoms with Crippen molar-refractivity contribution < 1.29 is 9.13 Å². The molecule has 3 rings (SSSR count). The molecule has 0 radical (unpaired) electrons. The lowest BCUT2D eigenvalue weighted by atomic mass is 10.0. The second-order valence-corrected chi connectivity index (χ2v) is 3.44. The van der Waals surface area contributed by atoms with E-state index in [0.717, 1.165) is 12.0 Å². The van der Waals surface area contributed by atoms with E-state index in [0.29, 0.717) is 5.75 Å². The molecule has 2 atom stereocenters. The van der Waals surface area contributed by atoms with Crippen molar-refractivity contribution in [3.63, 3.8) is 0 Å². The number of fused-ring (bicyclic) bond motifs is 3. The average molecular weight is 175 g/mol. The summed E-state index contributed by atoms with van der Waals surface area (Å²) in [6.07, 6.45) is 1.15. The van der Waals surface area contributed by atoms with Crippen LogP contribution in [0.4, 0.5) is 4.39 Å². The second-order valence-electron chi connectivity index (χ2n) is 3.44. The van der Waals surface area contributed by atoms with Gasteiger partial charge in [0.05, 0.1) is 5.56 Å². The quantitative estimate of drug-likeness (QED) is 0.603. The maximum Gasteiger partial charge on any atom is 0.141 e. The highest BCUT2D eigenvalue weighted by molar-refractivity contribution is 5.55. The van der Waals surface area contributed by atoms with Crippen LogP contribution < -0.4 is 4.74 Å². The first kappa shape index (κ1) is 6.90. The molecular formula is C10H6FNO. The van der Waals surface area contributed by atoms with E-state index in [1.54, 1.807) is 6.07 Å². The molecule has 0 N–H and O–H groups in total. The fourth-order valence-corrected chi connectivity index (χ4v) is 1.93. The van der Waals surface area contributed by atoms with E-state index in [9.17, 15) is 4.39 Å². The van der Waals surface area contributed by atoms with Crippen molar-refractivity contribution >= 4 is 0 Å². The van der Waals surface area contributed by atoms with Gasteiger partial charge in [0, 0.05) is 11.5 Å². The number of rotatable bonds is 0. The Labute approximate surface area is 74.6 Å². The normalized spacial score (nSPS) is 27.1. The molecule has 0 spiro atoms. The van der Waals surface area contributed by atoms with Gasteiger partial charge in [-0.1, -0.05) is 0 Å². The van der Waals surface area contributed by atoms with Gasteiger partial charge >= 0.3 is 0 Å². The topological polar surface area (TPSA) is 33.0 Å². The largest absolute Gasteiger partial charge is 0.489 e. The summed E-state index contributed by atoms with van der Waals surface area (Å²) in [5.74, 6) is 0.539. The molecule has 1 heterocycles. The highest BCUT2D eigenvalue weighted by Gasteiger charge is 2.49. The van der Waals surface area contributed by atoms with Crippen molar-refractivity contribution in [2.45, 2.75) is 18.4 Å². The minimum Gasteiger partial charge on any atom is -0.489 e. The summed E-state index contributed by atoms with van der Waals surface area (Å²) in [7, 11) is 0. The molecule has 0 saturated heterocycles. The number of benzene rings is 1. The van der Waals surface area contributed by atoms with Gasteiger partial charge in [-0.3, -0.25) is 0 Å². The molecule has 1 saturated carbocycles. The summed E-state index contributed by atoms with van der Waals surface area (Å²) in [6, 6.07) is 4.80. The van der Waals surface area contributed by atoms with Crippen LogP contribution in [0.15, 0.2) is 12.1 Å². The fraction of sp³-hybridized carbons (Fsp3) is 0.300. The molecule has 1 aliphatic carbocycles. The molecule has 0 aromatic heterocycles. The molecule has 2 nitrogen and oxygen atoms in total. The van der Waals surface area contributed by atoms with Gasteiger partial charge in [0.1, 0.15) is 23.7 Å². The lowest BCUT2D eigenvalue weighted by Crippen LogP contribution is -1.93. The van der Waals surface area contributed by atoms with Crippen molar-refractivity contribution in [3.8, 4) is 11.8 Å². The minimum absolute atomic E-state index is 0.169. The zero-order valence-electron chi connectivity index (χ0n) is 6.75. The van der Waals surface area contributed by atoms with Crippen LogP contribution in [0.5, 0.6) is 5.75 Å². The van der Waals surface area contributed by atoms with Gasteiger partial charge in [-0.15, -0.1) is 0 Å². The Bertz CT molecular complexity index is 435. The fourth-order valence-electron chi connectivity index (χ4n) is 1.93. The Morgan fingerprint density at radius 3 is 3.15 bits per heavy atom. The first-order chi connectivity index (χ1) is 6.31. The summed E-state index contributed by atoms with van der Waals surface area (Å²) in [6.45, 7) is 0. The molecule has 1 fully saturated rings. The molecule has 64 valence electrons. The first-order valence-electron chi connectivity index (χ1n) is 4.20. The van der Waals surface area contributed by atoms with E-state index in [1.165, 1.54) is 6.07 Å². The maximum absolute atomic E-state index is 13.2. The highest BCUT2D eigenvalue weighted by atomic mass is 19.1. The Hall–Kier alpha value is -1.56. The monoisotopic (exact) mass is 175 g/mol. The van der Waals surface area contributed by atoms with Gasteiger partial charge in [0.15, 0.2) is 0 Å². The molecular weight excluding hydrogens is 169 g/mol. The van der Waals surface area contributed by atoms with Gasteiger partial charge in [0.2, 0.25) is 0 Å². The highest BCUT2D eigenvalue weighted by Crippen LogP contribution is 2.54. The van der Waals surface area contributed by atoms with E-state index in [1.807, 2.05) is 6.07 Å². The van der Waals surface area contributed by atoms with E-state index < -0.39 is 5.82 Å². The van der Waals surface area contributed by atoms with Crippen LogP contribution in [0.1, 0.15) is 23.5 Å². The molecule has 2 unspecified atom stereocenters. The average Bonchev–Trinajstić information content (AvgIpc) is 2.80. The Kier molecular flexibility index (Phi) is 1.07. The molecule has 1 aliphatic heterocycles. The standard InChI is InChI=1S/C10H6FNO/c11-7-1-2-8-10(6(7)4-12)5-3-9(5)13-8/h1-2,5,9H,3H2. The summed E-state index contributed by atoms with van der Waals surface area (Å²) in [4.78, 5) is 0. The molecule has 3 heteroatoms. The van der Waals surface area contributed by atoms with Crippen molar-refractivity contribution in [2.24, 2.45) is 0 Å². The van der Waals surface area contributed by atoms with Crippen LogP contribution in [0.2, 0.25) is 0 Å². The van der Waals surface area contributed by atoms with Gasteiger partial charge in [-0.25, -0.2) is 4.39 Å². The Morgan fingerprint density at radius 1 is 1.54 bits per heavy atom. The number of halogens is 1. The van der Waals surface area contributed by atoms with E-state index >= 15 is 0 Å². The number of ether oxygens (including phenoxy) is 1. The minimum atomic E-state index is -0.433. The zero-order valence-corrected chi connectivity index (χ0v) is 6.75. The summed E-state index contributed by atoms with van der Waals surface area (Å²) in [5.41, 5.74) is 0.954. The zero-order chi connectivity index (χ0) is 9.00. The molecule has 13 heavy (non-hydrogen) atoms. The number of hydrogen-bond acceptors (Lipinski definition) is 2. The smallest absolute Gasteiger partial charge is 0.141 e. The third-order valence-electron chi connectivity index (χ3n) is 2.65. The molecule has 0 amide bonds. The van der Waals surface area contributed by atoms with E-state index in [2.05, 4.69) is 0 Å².